The van der Waals surface area contributed by atoms with Gasteiger partial charge in [0.1, 0.15) is 0 Å². The van der Waals surface area contributed by atoms with Gasteiger partial charge in [0.25, 0.3) is 0 Å². The summed E-state index contributed by atoms with van der Waals surface area (Å²) < 4.78 is 0. The van der Waals surface area contributed by atoms with Crippen LogP contribution < -0.4 is 0 Å². The minimum atomic E-state index is -1.19. The fraction of sp³-hybridized carbons (Fsp3) is 0. The average molecular weight is 450 g/mol. The molecule has 0 aliphatic heterocycles. The Labute approximate surface area is 194 Å². The highest BCUT2D eigenvalue weighted by atomic mass is 16.4. The number of carbonyl (C=O) groups is 4. The Hall–Kier alpha value is -4.84. The van der Waals surface area contributed by atoms with Crippen molar-refractivity contribution in [3.63, 3.8) is 0 Å². The van der Waals surface area contributed by atoms with E-state index < -0.39 is 11.9 Å². The predicted molar refractivity (Wildman–Crippen MR) is 131 cm³/mol. The van der Waals surface area contributed by atoms with Gasteiger partial charge in [-0.1, -0.05) is 48.5 Å². The standard InChI is InChI=1S/C28H18O6/c29-15-19-13-17-5-1-3-7-21(17)27(23(19)9-11-25(31)32)28-22-8-4-2-6-18(22)14-20(16-30)24(28)10-12-26(33)34/h1-16H,(H,31,32)(H,33,34). The number of carbonyl (C=O) groups excluding carboxylic acids is 2. The molecule has 0 unspecified atom stereocenters. The predicted octanol–water partition coefficient (Wildman–Crippen LogP) is 5.48. The van der Waals surface area contributed by atoms with E-state index in [4.69, 9.17) is 0 Å². The molecule has 0 bridgehead atoms. The van der Waals surface area contributed by atoms with Crippen molar-refractivity contribution in [2.75, 3.05) is 0 Å². The van der Waals surface area contributed by atoms with E-state index in [1.165, 1.54) is 12.2 Å². The quantitative estimate of drug-likeness (QED) is 0.285. The van der Waals surface area contributed by atoms with Gasteiger partial charge in [-0.2, -0.15) is 0 Å². The summed E-state index contributed by atoms with van der Waals surface area (Å²) in [6, 6.07) is 17.9. The highest BCUT2D eigenvalue weighted by Crippen LogP contribution is 2.42. The number of rotatable bonds is 7. The zero-order valence-electron chi connectivity index (χ0n) is 17.8. The summed E-state index contributed by atoms with van der Waals surface area (Å²) in [6.07, 6.45) is 5.88. The van der Waals surface area contributed by atoms with Gasteiger partial charge in [0.2, 0.25) is 0 Å². The molecule has 0 amide bonds. The van der Waals surface area contributed by atoms with Crippen LogP contribution in [0.25, 0.3) is 44.8 Å². The van der Waals surface area contributed by atoms with Gasteiger partial charge in [0, 0.05) is 23.3 Å². The molecule has 0 aromatic heterocycles. The molecule has 34 heavy (non-hydrogen) atoms. The summed E-state index contributed by atoms with van der Waals surface area (Å²) in [5.41, 5.74) is 2.30. The van der Waals surface area contributed by atoms with Gasteiger partial charge in [0.15, 0.2) is 12.6 Å². The summed E-state index contributed by atoms with van der Waals surface area (Å²) in [5, 5.41) is 21.4. The van der Waals surface area contributed by atoms with Crippen LogP contribution in [0.2, 0.25) is 0 Å². The second-order valence-corrected chi connectivity index (χ2v) is 7.53. The Balaban J connectivity index is 2.31. The number of carboxylic acid groups (broad SMARTS) is 2. The number of fused-ring (bicyclic) bond motifs is 2. The van der Waals surface area contributed by atoms with E-state index in [0.29, 0.717) is 34.8 Å². The van der Waals surface area contributed by atoms with Crippen LogP contribution in [0, 0.1) is 0 Å². The second-order valence-electron chi connectivity index (χ2n) is 7.53. The fourth-order valence-electron chi connectivity index (χ4n) is 4.17. The molecule has 0 heterocycles. The minimum Gasteiger partial charge on any atom is -0.478 e. The summed E-state index contributed by atoms with van der Waals surface area (Å²) in [7, 11) is 0. The molecule has 2 N–H and O–H groups in total. The zero-order valence-corrected chi connectivity index (χ0v) is 17.8. The molecule has 0 spiro atoms. The second kappa shape index (κ2) is 9.34. The van der Waals surface area contributed by atoms with E-state index in [1.807, 2.05) is 48.5 Å². The first-order chi connectivity index (χ1) is 16.4. The summed E-state index contributed by atoms with van der Waals surface area (Å²) in [6.45, 7) is 0. The van der Waals surface area contributed by atoms with Crippen molar-refractivity contribution >= 4 is 58.2 Å². The highest BCUT2D eigenvalue weighted by molar-refractivity contribution is 6.15. The van der Waals surface area contributed by atoms with Crippen LogP contribution in [0.15, 0.2) is 72.8 Å². The Bertz CT molecular complexity index is 1420. The lowest BCUT2D eigenvalue weighted by Gasteiger charge is -2.19. The van der Waals surface area contributed by atoms with Gasteiger partial charge in [-0.3, -0.25) is 9.59 Å². The van der Waals surface area contributed by atoms with E-state index >= 15 is 0 Å². The van der Waals surface area contributed by atoms with Crippen LogP contribution in [-0.2, 0) is 9.59 Å². The van der Waals surface area contributed by atoms with Crippen molar-refractivity contribution in [1.29, 1.82) is 0 Å². The van der Waals surface area contributed by atoms with Crippen molar-refractivity contribution in [2.45, 2.75) is 0 Å². The molecule has 0 saturated carbocycles. The maximum absolute atomic E-state index is 12.1. The Kier molecular flexibility index (Phi) is 6.14. The van der Waals surface area contributed by atoms with E-state index in [9.17, 15) is 29.4 Å². The van der Waals surface area contributed by atoms with Gasteiger partial charge in [-0.15, -0.1) is 0 Å². The summed E-state index contributed by atoms with van der Waals surface area (Å²) in [4.78, 5) is 46.8. The molecular weight excluding hydrogens is 432 g/mol. The van der Waals surface area contributed by atoms with E-state index in [1.54, 1.807) is 12.1 Å². The molecule has 6 heteroatoms. The molecule has 4 rings (SSSR count). The van der Waals surface area contributed by atoms with Gasteiger partial charge in [0.05, 0.1) is 0 Å². The molecule has 6 nitrogen and oxygen atoms in total. The molecule has 0 aliphatic carbocycles. The Morgan fingerprint density at radius 1 is 0.618 bits per heavy atom. The van der Waals surface area contributed by atoms with Gasteiger partial charge in [-0.05, 0) is 68.1 Å². The molecule has 0 radical (unpaired) electrons. The monoisotopic (exact) mass is 450 g/mol. The molecule has 0 saturated heterocycles. The van der Waals surface area contributed by atoms with Crippen LogP contribution in [0.5, 0.6) is 0 Å². The Morgan fingerprint density at radius 3 is 1.35 bits per heavy atom. The van der Waals surface area contributed by atoms with Crippen molar-refractivity contribution in [2.24, 2.45) is 0 Å². The van der Waals surface area contributed by atoms with Crippen molar-refractivity contribution < 1.29 is 29.4 Å². The minimum absolute atomic E-state index is 0.264. The van der Waals surface area contributed by atoms with Crippen molar-refractivity contribution in [1.82, 2.24) is 0 Å². The molecule has 0 atom stereocenters. The first-order valence-corrected chi connectivity index (χ1v) is 10.3. The molecule has 0 fully saturated rings. The highest BCUT2D eigenvalue weighted by Gasteiger charge is 2.20. The number of hydrogen-bond donors (Lipinski definition) is 2. The van der Waals surface area contributed by atoms with E-state index in [0.717, 1.165) is 33.7 Å². The Morgan fingerprint density at radius 2 is 1.00 bits per heavy atom. The summed E-state index contributed by atoms with van der Waals surface area (Å²) in [5.74, 6) is -2.37. The fourth-order valence-corrected chi connectivity index (χ4v) is 4.17. The maximum Gasteiger partial charge on any atom is 0.328 e. The molecule has 166 valence electrons. The van der Waals surface area contributed by atoms with Crippen LogP contribution in [0.3, 0.4) is 0 Å². The van der Waals surface area contributed by atoms with Crippen molar-refractivity contribution in [3.05, 3.63) is 95.1 Å². The van der Waals surface area contributed by atoms with Gasteiger partial charge >= 0.3 is 11.9 Å². The van der Waals surface area contributed by atoms with Crippen molar-refractivity contribution in [3.8, 4) is 11.1 Å². The molecule has 0 aliphatic rings. The smallest absolute Gasteiger partial charge is 0.328 e. The third-order valence-electron chi connectivity index (χ3n) is 5.53. The van der Waals surface area contributed by atoms with Crippen LogP contribution in [0.1, 0.15) is 31.8 Å². The number of benzene rings is 4. The van der Waals surface area contributed by atoms with E-state index in [2.05, 4.69) is 0 Å². The van der Waals surface area contributed by atoms with E-state index in [-0.39, 0.29) is 11.1 Å². The molecule has 4 aromatic carbocycles. The number of hydrogen-bond acceptors (Lipinski definition) is 4. The largest absolute Gasteiger partial charge is 0.478 e. The molecular formula is C28H18O6. The lowest BCUT2D eigenvalue weighted by molar-refractivity contribution is -0.132. The topological polar surface area (TPSA) is 109 Å². The van der Waals surface area contributed by atoms with Crippen LogP contribution in [-0.4, -0.2) is 34.7 Å². The average Bonchev–Trinajstić information content (AvgIpc) is 2.84. The van der Waals surface area contributed by atoms with Crippen LogP contribution in [0.4, 0.5) is 0 Å². The molecule has 4 aromatic rings. The third-order valence-corrected chi connectivity index (χ3v) is 5.53. The summed E-state index contributed by atoms with van der Waals surface area (Å²) >= 11 is 0. The zero-order chi connectivity index (χ0) is 24.2. The van der Waals surface area contributed by atoms with Gasteiger partial charge < -0.3 is 10.2 Å². The SMILES string of the molecule is O=Cc1cc2ccccc2c(-c2c(C=CC(=O)O)c(C=O)cc3ccccc23)c1C=CC(=O)O. The van der Waals surface area contributed by atoms with Crippen LogP contribution >= 0.6 is 0 Å². The lowest BCUT2D eigenvalue weighted by atomic mass is 9.83. The number of aliphatic carboxylic acids is 2. The lowest BCUT2D eigenvalue weighted by Crippen LogP contribution is -2.00. The van der Waals surface area contributed by atoms with Gasteiger partial charge in [-0.25, -0.2) is 9.59 Å². The first kappa shape index (κ1) is 22.4. The third kappa shape index (κ3) is 4.12. The maximum atomic E-state index is 12.1. The first-order valence-electron chi connectivity index (χ1n) is 10.3. The number of aldehydes is 2. The number of carboxylic acids is 2. The normalized spacial score (nSPS) is 11.4.